The summed E-state index contributed by atoms with van der Waals surface area (Å²) in [5, 5.41) is 2.93. The fourth-order valence-corrected chi connectivity index (χ4v) is 0.815. The summed E-state index contributed by atoms with van der Waals surface area (Å²) in [5.74, 6) is -0.114. The normalized spacial score (nSPS) is 12.4. The van der Waals surface area contributed by atoms with Crippen molar-refractivity contribution in [3.05, 3.63) is 12.2 Å². The third kappa shape index (κ3) is 2.84. The maximum atomic E-state index is 11.5. The van der Waals surface area contributed by atoms with Gasteiger partial charge in [0.1, 0.15) is 0 Å². The second kappa shape index (κ2) is 4.13. The first kappa shape index (κ1) is 13.2. The second-order valence-electron chi connectivity index (χ2n) is 4.95. The minimum Gasteiger partial charge on any atom is -0.347 e. The van der Waals surface area contributed by atoms with Gasteiger partial charge in [-0.3, -0.25) is 4.79 Å². The molecule has 82 valence electrons. The Labute approximate surface area is 86.8 Å². The molecule has 1 amide bonds. The zero-order valence-electron chi connectivity index (χ0n) is 9.90. The summed E-state index contributed by atoms with van der Waals surface area (Å²) in [7, 11) is 0. The monoisotopic (exact) mass is 198 g/mol. The Hall–Kier alpha value is -0.830. The van der Waals surface area contributed by atoms with Gasteiger partial charge < -0.3 is 11.1 Å². The summed E-state index contributed by atoms with van der Waals surface area (Å²) in [5.41, 5.74) is 5.71. The molecule has 14 heavy (non-hydrogen) atoms. The standard InChI is InChI=1S/C11H22N2O/c1-8(2)9(14)13-11(5,6)10(3,4)7-12/h1,7,12H2,2-6H3,(H,13,14). The van der Waals surface area contributed by atoms with Crippen molar-refractivity contribution in [1.29, 1.82) is 0 Å². The molecule has 3 N–H and O–H groups in total. The van der Waals surface area contributed by atoms with Gasteiger partial charge >= 0.3 is 0 Å². The molecular formula is C11H22N2O. The van der Waals surface area contributed by atoms with Crippen LogP contribution in [0.2, 0.25) is 0 Å². The molecule has 0 rings (SSSR count). The van der Waals surface area contributed by atoms with Crippen molar-refractivity contribution < 1.29 is 4.79 Å². The lowest BCUT2D eigenvalue weighted by Gasteiger charge is -2.41. The first-order valence-electron chi connectivity index (χ1n) is 4.82. The van der Waals surface area contributed by atoms with Crippen molar-refractivity contribution in [2.45, 2.75) is 40.2 Å². The lowest BCUT2D eigenvalue weighted by Crippen LogP contribution is -2.56. The van der Waals surface area contributed by atoms with E-state index in [2.05, 4.69) is 11.9 Å². The first-order chi connectivity index (χ1) is 6.14. The Morgan fingerprint density at radius 1 is 1.36 bits per heavy atom. The Kier molecular flexibility index (Phi) is 3.89. The first-order valence-corrected chi connectivity index (χ1v) is 4.82. The highest BCUT2D eigenvalue weighted by Crippen LogP contribution is 2.29. The SMILES string of the molecule is C=C(C)C(=O)NC(C)(C)C(C)(C)CN. The summed E-state index contributed by atoms with van der Waals surface area (Å²) in [4.78, 5) is 11.5. The Balaban J connectivity index is 4.65. The van der Waals surface area contributed by atoms with Gasteiger partial charge in [0.15, 0.2) is 0 Å². The number of nitrogens with two attached hydrogens (primary N) is 1. The average Bonchev–Trinajstić information content (AvgIpc) is 2.03. The zero-order chi connectivity index (χ0) is 11.6. The molecule has 0 aliphatic rings. The van der Waals surface area contributed by atoms with E-state index in [0.717, 1.165) is 0 Å². The van der Waals surface area contributed by atoms with Gasteiger partial charge in [0.2, 0.25) is 5.91 Å². The number of rotatable bonds is 4. The lowest BCUT2D eigenvalue weighted by atomic mass is 9.74. The van der Waals surface area contributed by atoms with Crippen molar-refractivity contribution in [1.82, 2.24) is 5.32 Å². The number of carbonyl (C=O) groups is 1. The fraction of sp³-hybridized carbons (Fsp3) is 0.727. The van der Waals surface area contributed by atoms with Gasteiger partial charge in [-0.25, -0.2) is 0 Å². The Morgan fingerprint density at radius 3 is 2.07 bits per heavy atom. The van der Waals surface area contributed by atoms with Crippen LogP contribution >= 0.6 is 0 Å². The van der Waals surface area contributed by atoms with Gasteiger partial charge in [0.05, 0.1) is 0 Å². The van der Waals surface area contributed by atoms with Crippen molar-refractivity contribution in [2.75, 3.05) is 6.54 Å². The van der Waals surface area contributed by atoms with E-state index in [4.69, 9.17) is 5.73 Å². The highest BCUT2D eigenvalue weighted by atomic mass is 16.1. The Morgan fingerprint density at radius 2 is 1.79 bits per heavy atom. The van der Waals surface area contributed by atoms with Crippen LogP contribution in [0.5, 0.6) is 0 Å². The molecule has 0 bridgehead atoms. The molecule has 0 heterocycles. The summed E-state index contributed by atoms with van der Waals surface area (Å²) in [6, 6.07) is 0. The van der Waals surface area contributed by atoms with Gasteiger partial charge in [-0.15, -0.1) is 0 Å². The molecular weight excluding hydrogens is 176 g/mol. The van der Waals surface area contributed by atoms with E-state index in [9.17, 15) is 4.79 Å². The number of amides is 1. The van der Waals surface area contributed by atoms with E-state index < -0.39 is 0 Å². The summed E-state index contributed by atoms with van der Waals surface area (Å²) < 4.78 is 0. The van der Waals surface area contributed by atoms with Crippen LogP contribution in [0, 0.1) is 5.41 Å². The Bertz CT molecular complexity index is 242. The van der Waals surface area contributed by atoms with E-state index in [0.29, 0.717) is 12.1 Å². The van der Waals surface area contributed by atoms with Crippen LogP contribution in [0.25, 0.3) is 0 Å². The molecule has 0 fully saturated rings. The molecule has 0 aliphatic carbocycles. The quantitative estimate of drug-likeness (QED) is 0.672. The van der Waals surface area contributed by atoms with Gasteiger partial charge in [-0.1, -0.05) is 20.4 Å². The molecule has 0 spiro atoms. The van der Waals surface area contributed by atoms with Crippen LogP contribution in [0.15, 0.2) is 12.2 Å². The molecule has 0 aliphatic heterocycles. The second-order valence-corrected chi connectivity index (χ2v) is 4.95. The van der Waals surface area contributed by atoms with E-state index in [1.807, 2.05) is 27.7 Å². The molecule has 0 atom stereocenters. The molecule has 0 saturated carbocycles. The van der Waals surface area contributed by atoms with Crippen molar-refractivity contribution in [3.63, 3.8) is 0 Å². The molecule has 0 aromatic heterocycles. The van der Waals surface area contributed by atoms with E-state index in [1.54, 1.807) is 6.92 Å². The predicted molar refractivity (Wildman–Crippen MR) is 59.9 cm³/mol. The maximum Gasteiger partial charge on any atom is 0.246 e. The molecule has 3 heteroatoms. The zero-order valence-corrected chi connectivity index (χ0v) is 9.90. The van der Waals surface area contributed by atoms with Gasteiger partial charge in [0, 0.05) is 11.1 Å². The molecule has 3 nitrogen and oxygen atoms in total. The molecule has 0 aromatic rings. The van der Waals surface area contributed by atoms with E-state index in [-0.39, 0.29) is 16.9 Å². The van der Waals surface area contributed by atoms with Gasteiger partial charge in [0.25, 0.3) is 0 Å². The predicted octanol–water partition coefficient (Wildman–Crippen LogP) is 1.44. The van der Waals surface area contributed by atoms with Crippen molar-refractivity contribution in [2.24, 2.45) is 11.1 Å². The number of hydrogen-bond acceptors (Lipinski definition) is 2. The third-order valence-corrected chi connectivity index (χ3v) is 3.02. The molecule has 0 saturated heterocycles. The van der Waals surface area contributed by atoms with Crippen LogP contribution < -0.4 is 11.1 Å². The maximum absolute atomic E-state index is 11.5. The molecule has 0 radical (unpaired) electrons. The van der Waals surface area contributed by atoms with Crippen LogP contribution in [0.1, 0.15) is 34.6 Å². The minimum atomic E-state index is -0.336. The highest BCUT2D eigenvalue weighted by molar-refractivity contribution is 5.92. The minimum absolute atomic E-state index is 0.114. The largest absolute Gasteiger partial charge is 0.347 e. The smallest absolute Gasteiger partial charge is 0.246 e. The average molecular weight is 198 g/mol. The highest BCUT2D eigenvalue weighted by Gasteiger charge is 2.36. The van der Waals surface area contributed by atoms with Crippen LogP contribution in [-0.2, 0) is 4.79 Å². The number of nitrogens with one attached hydrogen (secondary N) is 1. The van der Waals surface area contributed by atoms with E-state index in [1.165, 1.54) is 0 Å². The van der Waals surface area contributed by atoms with Crippen LogP contribution in [0.3, 0.4) is 0 Å². The van der Waals surface area contributed by atoms with Crippen molar-refractivity contribution in [3.8, 4) is 0 Å². The van der Waals surface area contributed by atoms with Crippen LogP contribution in [-0.4, -0.2) is 18.0 Å². The third-order valence-electron chi connectivity index (χ3n) is 3.02. The summed E-state index contributed by atoms with van der Waals surface area (Å²) in [6.45, 7) is 13.8. The number of hydrogen-bond donors (Lipinski definition) is 2. The van der Waals surface area contributed by atoms with Gasteiger partial charge in [-0.05, 0) is 32.7 Å². The topological polar surface area (TPSA) is 55.1 Å². The molecule has 0 unspecified atom stereocenters. The fourth-order valence-electron chi connectivity index (χ4n) is 0.815. The van der Waals surface area contributed by atoms with Crippen LogP contribution in [0.4, 0.5) is 0 Å². The number of carbonyl (C=O) groups excluding carboxylic acids is 1. The molecule has 0 aromatic carbocycles. The van der Waals surface area contributed by atoms with Gasteiger partial charge in [-0.2, -0.15) is 0 Å². The van der Waals surface area contributed by atoms with E-state index >= 15 is 0 Å². The summed E-state index contributed by atoms with van der Waals surface area (Å²) >= 11 is 0. The van der Waals surface area contributed by atoms with Crippen molar-refractivity contribution >= 4 is 5.91 Å². The lowest BCUT2D eigenvalue weighted by molar-refractivity contribution is -0.120. The summed E-state index contributed by atoms with van der Waals surface area (Å²) in [6.07, 6.45) is 0.